The number of hydrogen-bond acceptors (Lipinski definition) is 5. The molecule has 0 aliphatic heterocycles. The number of nitrogens with one attached hydrogen (secondary N) is 1. The van der Waals surface area contributed by atoms with Gasteiger partial charge in [-0.2, -0.15) is 0 Å². The first-order chi connectivity index (χ1) is 8.40. The van der Waals surface area contributed by atoms with E-state index >= 15 is 0 Å². The van der Waals surface area contributed by atoms with E-state index in [4.69, 9.17) is 4.74 Å². The maximum absolute atomic E-state index is 11.5. The topological polar surface area (TPSA) is 98.5 Å². The smallest absolute Gasteiger partial charge is 0.333 e. The van der Waals surface area contributed by atoms with Gasteiger partial charge in [0.2, 0.25) is 5.91 Å². The van der Waals surface area contributed by atoms with Crippen molar-refractivity contribution in [2.75, 3.05) is 0 Å². The Kier molecular flexibility index (Phi) is 4.36. The lowest BCUT2D eigenvalue weighted by atomic mass is 10.3. The van der Waals surface area contributed by atoms with Crippen molar-refractivity contribution < 1.29 is 19.2 Å². The predicted molar refractivity (Wildman–Crippen MR) is 62.0 cm³/mol. The molecule has 1 N–H and O–H groups in total. The van der Waals surface area contributed by atoms with Gasteiger partial charge in [-0.15, -0.1) is 0 Å². The van der Waals surface area contributed by atoms with Crippen LogP contribution in [-0.2, 0) is 9.59 Å². The van der Waals surface area contributed by atoms with Gasteiger partial charge in [-0.25, -0.2) is 4.79 Å². The molecular weight excluding hydrogens is 240 g/mol. The maximum atomic E-state index is 11.5. The highest BCUT2D eigenvalue weighted by Crippen LogP contribution is 2.17. The van der Waals surface area contributed by atoms with Crippen molar-refractivity contribution in [3.8, 4) is 5.75 Å². The molecule has 96 valence electrons. The molecule has 1 amide bonds. The number of carbonyl (C=O) groups is 2. The molecule has 0 saturated carbocycles. The summed E-state index contributed by atoms with van der Waals surface area (Å²) in [4.78, 5) is 32.1. The average molecular weight is 252 g/mol. The number of amides is 1. The van der Waals surface area contributed by atoms with Gasteiger partial charge < -0.3 is 10.1 Å². The third-order valence-electron chi connectivity index (χ3n) is 2.04. The van der Waals surface area contributed by atoms with E-state index in [0.29, 0.717) is 0 Å². The van der Waals surface area contributed by atoms with E-state index in [2.05, 4.69) is 5.32 Å². The van der Waals surface area contributed by atoms with Crippen molar-refractivity contribution in [2.24, 2.45) is 0 Å². The monoisotopic (exact) mass is 252 g/mol. The SMILES string of the molecule is CC(=O)N[C@H](C)C(=O)Oc1ccc([N+](=O)[O-])cc1. The number of nitro benzene ring substituents is 1. The molecule has 0 aliphatic rings. The number of benzene rings is 1. The van der Waals surface area contributed by atoms with Crippen LogP contribution in [-0.4, -0.2) is 22.8 Å². The van der Waals surface area contributed by atoms with E-state index in [9.17, 15) is 19.7 Å². The lowest BCUT2D eigenvalue weighted by Crippen LogP contribution is -2.39. The third-order valence-corrected chi connectivity index (χ3v) is 2.04. The number of nitro groups is 1. The Morgan fingerprint density at radius 1 is 1.33 bits per heavy atom. The largest absolute Gasteiger partial charge is 0.425 e. The number of ether oxygens (including phenoxy) is 1. The van der Waals surface area contributed by atoms with Gasteiger partial charge >= 0.3 is 5.97 Å². The minimum Gasteiger partial charge on any atom is -0.425 e. The summed E-state index contributed by atoms with van der Waals surface area (Å²) in [6, 6.07) is 4.31. The summed E-state index contributed by atoms with van der Waals surface area (Å²) < 4.78 is 4.94. The molecule has 0 aromatic heterocycles. The quantitative estimate of drug-likeness (QED) is 0.373. The van der Waals surface area contributed by atoms with E-state index in [1.807, 2.05) is 0 Å². The highest BCUT2D eigenvalue weighted by atomic mass is 16.6. The highest BCUT2D eigenvalue weighted by molar-refractivity contribution is 5.84. The molecule has 0 heterocycles. The summed E-state index contributed by atoms with van der Waals surface area (Å²) in [6.45, 7) is 2.77. The summed E-state index contributed by atoms with van der Waals surface area (Å²) in [5.41, 5.74) is -0.0929. The summed E-state index contributed by atoms with van der Waals surface area (Å²) in [5.74, 6) is -0.801. The van der Waals surface area contributed by atoms with E-state index in [-0.39, 0.29) is 17.3 Å². The Morgan fingerprint density at radius 2 is 1.89 bits per heavy atom. The molecule has 0 spiro atoms. The van der Waals surface area contributed by atoms with Crippen LogP contribution in [0.15, 0.2) is 24.3 Å². The van der Waals surface area contributed by atoms with Crippen LogP contribution in [0, 0.1) is 10.1 Å². The fraction of sp³-hybridized carbons (Fsp3) is 0.273. The molecular formula is C11H12N2O5. The van der Waals surface area contributed by atoms with Gasteiger partial charge in [0.1, 0.15) is 11.8 Å². The minimum absolute atomic E-state index is 0.0929. The van der Waals surface area contributed by atoms with Crippen molar-refractivity contribution in [3.05, 3.63) is 34.4 Å². The summed E-state index contributed by atoms with van der Waals surface area (Å²) in [5, 5.41) is 12.8. The van der Waals surface area contributed by atoms with E-state index in [1.165, 1.54) is 38.1 Å². The molecule has 0 bridgehead atoms. The standard InChI is InChI=1S/C11H12N2O5/c1-7(12-8(2)14)11(15)18-10-5-3-9(4-6-10)13(16)17/h3-7H,1-2H3,(H,12,14)/t7-/m1/s1. The molecule has 1 rings (SSSR count). The number of nitrogens with zero attached hydrogens (tertiary/aromatic N) is 1. The van der Waals surface area contributed by atoms with Gasteiger partial charge in [-0.3, -0.25) is 14.9 Å². The average Bonchev–Trinajstić information content (AvgIpc) is 2.28. The number of carbonyl (C=O) groups excluding carboxylic acids is 2. The second-order valence-electron chi connectivity index (χ2n) is 3.59. The Bertz CT molecular complexity index is 469. The Labute approximate surface area is 103 Å². The van der Waals surface area contributed by atoms with Gasteiger partial charge in [0.25, 0.3) is 5.69 Å². The number of hydrogen-bond donors (Lipinski definition) is 1. The Hall–Kier alpha value is -2.44. The third kappa shape index (κ3) is 3.85. The van der Waals surface area contributed by atoms with Gasteiger partial charge in [0.15, 0.2) is 0 Å². The molecule has 18 heavy (non-hydrogen) atoms. The fourth-order valence-corrected chi connectivity index (χ4v) is 1.20. The normalized spacial score (nSPS) is 11.4. The lowest BCUT2D eigenvalue weighted by Gasteiger charge is -2.11. The van der Waals surface area contributed by atoms with Crippen LogP contribution in [0.25, 0.3) is 0 Å². The van der Waals surface area contributed by atoms with Gasteiger partial charge in [-0.1, -0.05) is 0 Å². The van der Waals surface area contributed by atoms with Crippen LogP contribution in [0.2, 0.25) is 0 Å². The van der Waals surface area contributed by atoms with Crippen LogP contribution in [0.4, 0.5) is 5.69 Å². The molecule has 0 aliphatic carbocycles. The second kappa shape index (κ2) is 5.76. The number of esters is 1. The van der Waals surface area contributed by atoms with Crippen molar-refractivity contribution in [1.82, 2.24) is 5.32 Å². The van der Waals surface area contributed by atoms with Gasteiger partial charge in [0.05, 0.1) is 4.92 Å². The minimum atomic E-state index is -0.780. The molecule has 0 saturated heterocycles. The summed E-state index contributed by atoms with van der Waals surface area (Å²) in [7, 11) is 0. The molecule has 1 atom stereocenters. The van der Waals surface area contributed by atoms with E-state index in [0.717, 1.165) is 0 Å². The molecule has 1 aromatic carbocycles. The molecule has 7 heteroatoms. The Morgan fingerprint density at radius 3 is 2.33 bits per heavy atom. The van der Waals surface area contributed by atoms with Crippen molar-refractivity contribution in [2.45, 2.75) is 19.9 Å². The zero-order chi connectivity index (χ0) is 13.7. The number of rotatable bonds is 4. The molecule has 1 aromatic rings. The van der Waals surface area contributed by atoms with Crippen LogP contribution in [0.1, 0.15) is 13.8 Å². The van der Waals surface area contributed by atoms with Gasteiger partial charge in [0, 0.05) is 19.1 Å². The van der Waals surface area contributed by atoms with E-state index in [1.54, 1.807) is 0 Å². The summed E-state index contributed by atoms with van der Waals surface area (Å²) in [6.07, 6.45) is 0. The van der Waals surface area contributed by atoms with Crippen LogP contribution >= 0.6 is 0 Å². The molecule has 0 unspecified atom stereocenters. The number of non-ortho nitro benzene ring substituents is 1. The predicted octanol–water partition coefficient (Wildman–Crippen LogP) is 1.02. The first-order valence-corrected chi connectivity index (χ1v) is 5.13. The van der Waals surface area contributed by atoms with E-state index < -0.39 is 16.9 Å². The lowest BCUT2D eigenvalue weighted by molar-refractivity contribution is -0.384. The first kappa shape index (κ1) is 13.6. The maximum Gasteiger partial charge on any atom is 0.333 e. The zero-order valence-electron chi connectivity index (χ0n) is 9.88. The van der Waals surface area contributed by atoms with Crippen molar-refractivity contribution >= 4 is 17.6 Å². The summed E-state index contributed by atoms with van der Waals surface area (Å²) >= 11 is 0. The molecule has 0 fully saturated rings. The first-order valence-electron chi connectivity index (χ1n) is 5.13. The molecule has 0 radical (unpaired) electrons. The molecule has 7 nitrogen and oxygen atoms in total. The van der Waals surface area contributed by atoms with Crippen molar-refractivity contribution in [3.63, 3.8) is 0 Å². The van der Waals surface area contributed by atoms with Crippen LogP contribution in [0.5, 0.6) is 5.75 Å². The van der Waals surface area contributed by atoms with Crippen LogP contribution in [0.3, 0.4) is 0 Å². The van der Waals surface area contributed by atoms with Gasteiger partial charge in [-0.05, 0) is 19.1 Å². The Balaban J connectivity index is 2.64. The second-order valence-corrected chi connectivity index (χ2v) is 3.59. The fourth-order valence-electron chi connectivity index (χ4n) is 1.20. The zero-order valence-corrected chi connectivity index (χ0v) is 9.88. The van der Waals surface area contributed by atoms with Crippen LogP contribution < -0.4 is 10.1 Å². The highest BCUT2D eigenvalue weighted by Gasteiger charge is 2.16. The van der Waals surface area contributed by atoms with Crippen molar-refractivity contribution in [1.29, 1.82) is 0 Å².